The third kappa shape index (κ3) is 3.99. The normalized spacial score (nSPS) is 17.2. The Bertz CT molecular complexity index is 744. The molecule has 3 rings (SSSR count). The highest BCUT2D eigenvalue weighted by Gasteiger charge is 2.25. The minimum atomic E-state index is -0.119. The molecule has 1 fully saturated rings. The molecule has 0 bridgehead atoms. The second kappa shape index (κ2) is 7.38. The minimum Gasteiger partial charge on any atom is -0.324 e. The summed E-state index contributed by atoms with van der Waals surface area (Å²) in [6.45, 7) is 2.92. The van der Waals surface area contributed by atoms with Gasteiger partial charge in [-0.1, -0.05) is 6.07 Å². The summed E-state index contributed by atoms with van der Waals surface area (Å²) in [5.74, 6) is 0.235. The molecule has 0 radical (unpaired) electrons. The third-order valence-corrected chi connectivity index (χ3v) is 4.63. The first-order valence-corrected chi connectivity index (χ1v) is 8.44. The fourth-order valence-electron chi connectivity index (χ4n) is 3.09. The van der Waals surface area contributed by atoms with Crippen LogP contribution in [0.1, 0.15) is 31.4 Å². The van der Waals surface area contributed by atoms with Gasteiger partial charge in [-0.25, -0.2) is 4.79 Å². The lowest BCUT2D eigenvalue weighted by atomic mass is 9.95. The first kappa shape index (κ1) is 17.0. The van der Waals surface area contributed by atoms with Gasteiger partial charge in [0, 0.05) is 56.2 Å². The number of nitrogens with zero attached hydrogens (tertiary/aromatic N) is 3. The predicted octanol–water partition coefficient (Wildman–Crippen LogP) is 2.80. The molecule has 1 atom stereocenters. The Morgan fingerprint density at radius 3 is 2.92 bits per heavy atom. The number of aromatic amines is 1. The SMILES string of the molecule is CC(=O)N(C)c1cccc(NC(=O)N2CCCC(c3ccn[nH]3)C2)c1. The van der Waals surface area contributed by atoms with Crippen molar-refractivity contribution in [1.82, 2.24) is 15.1 Å². The van der Waals surface area contributed by atoms with Crippen molar-refractivity contribution in [2.75, 3.05) is 30.4 Å². The van der Waals surface area contributed by atoms with Crippen molar-refractivity contribution in [3.8, 4) is 0 Å². The zero-order chi connectivity index (χ0) is 17.8. The van der Waals surface area contributed by atoms with Crippen LogP contribution in [0.25, 0.3) is 0 Å². The molecule has 1 aromatic carbocycles. The van der Waals surface area contributed by atoms with E-state index in [4.69, 9.17) is 0 Å². The van der Waals surface area contributed by atoms with E-state index in [-0.39, 0.29) is 17.9 Å². The quantitative estimate of drug-likeness (QED) is 0.901. The highest BCUT2D eigenvalue weighted by atomic mass is 16.2. The van der Waals surface area contributed by atoms with Crippen molar-refractivity contribution in [3.63, 3.8) is 0 Å². The van der Waals surface area contributed by atoms with E-state index in [1.54, 1.807) is 24.2 Å². The van der Waals surface area contributed by atoms with Crippen molar-refractivity contribution in [1.29, 1.82) is 0 Å². The van der Waals surface area contributed by atoms with Crippen molar-refractivity contribution >= 4 is 23.3 Å². The van der Waals surface area contributed by atoms with Crippen LogP contribution in [0.5, 0.6) is 0 Å². The van der Waals surface area contributed by atoms with Crippen molar-refractivity contribution in [2.45, 2.75) is 25.7 Å². The smallest absolute Gasteiger partial charge is 0.321 e. The molecule has 1 unspecified atom stereocenters. The molecule has 1 aliphatic rings. The molecular formula is C18H23N5O2. The molecule has 3 amide bonds. The maximum absolute atomic E-state index is 12.6. The minimum absolute atomic E-state index is 0.0538. The van der Waals surface area contributed by atoms with Gasteiger partial charge >= 0.3 is 6.03 Å². The zero-order valence-electron chi connectivity index (χ0n) is 14.5. The average molecular weight is 341 g/mol. The van der Waals surface area contributed by atoms with Crippen LogP contribution in [0.3, 0.4) is 0 Å². The van der Waals surface area contributed by atoms with Gasteiger partial charge in [-0.15, -0.1) is 0 Å². The molecule has 0 spiro atoms. The van der Waals surface area contributed by atoms with Crippen LogP contribution in [0.4, 0.5) is 16.2 Å². The Balaban J connectivity index is 1.66. The van der Waals surface area contributed by atoms with E-state index >= 15 is 0 Å². The second-order valence-corrected chi connectivity index (χ2v) is 6.36. The maximum atomic E-state index is 12.6. The lowest BCUT2D eigenvalue weighted by Crippen LogP contribution is -2.41. The Kier molecular flexibility index (Phi) is 5.02. The van der Waals surface area contributed by atoms with Gasteiger partial charge in [0.25, 0.3) is 0 Å². The number of nitrogens with one attached hydrogen (secondary N) is 2. The number of rotatable bonds is 3. The van der Waals surface area contributed by atoms with Gasteiger partial charge in [0.1, 0.15) is 0 Å². The molecule has 7 heteroatoms. The topological polar surface area (TPSA) is 81.3 Å². The fraction of sp³-hybridized carbons (Fsp3) is 0.389. The molecule has 25 heavy (non-hydrogen) atoms. The molecule has 1 saturated heterocycles. The van der Waals surface area contributed by atoms with E-state index in [1.165, 1.54) is 6.92 Å². The lowest BCUT2D eigenvalue weighted by Gasteiger charge is -2.32. The summed E-state index contributed by atoms with van der Waals surface area (Å²) < 4.78 is 0. The highest BCUT2D eigenvalue weighted by Crippen LogP contribution is 2.26. The van der Waals surface area contributed by atoms with Gasteiger partial charge < -0.3 is 15.1 Å². The second-order valence-electron chi connectivity index (χ2n) is 6.36. The molecule has 7 nitrogen and oxygen atoms in total. The number of carbonyl (C=O) groups is 2. The number of H-pyrrole nitrogens is 1. The number of carbonyl (C=O) groups excluding carboxylic acids is 2. The largest absolute Gasteiger partial charge is 0.324 e. The van der Waals surface area contributed by atoms with E-state index in [0.717, 1.165) is 30.8 Å². The molecule has 0 aliphatic carbocycles. The summed E-state index contributed by atoms with van der Waals surface area (Å²) in [6, 6.07) is 9.14. The van der Waals surface area contributed by atoms with E-state index < -0.39 is 0 Å². The van der Waals surface area contributed by atoms with E-state index in [1.807, 2.05) is 29.2 Å². The van der Waals surface area contributed by atoms with Crippen LogP contribution in [-0.4, -0.2) is 47.2 Å². The molecule has 2 aromatic rings. The van der Waals surface area contributed by atoms with Gasteiger partial charge in [-0.3, -0.25) is 9.89 Å². The number of aromatic nitrogens is 2. The zero-order valence-corrected chi connectivity index (χ0v) is 14.5. The van der Waals surface area contributed by atoms with Crippen LogP contribution in [0, 0.1) is 0 Å². The van der Waals surface area contributed by atoms with Crippen LogP contribution in [-0.2, 0) is 4.79 Å². The average Bonchev–Trinajstić information content (AvgIpc) is 3.16. The number of hydrogen-bond donors (Lipinski definition) is 2. The fourth-order valence-corrected chi connectivity index (χ4v) is 3.09. The number of hydrogen-bond acceptors (Lipinski definition) is 3. The molecule has 2 N–H and O–H groups in total. The summed E-state index contributed by atoms with van der Waals surface area (Å²) in [6.07, 6.45) is 3.75. The predicted molar refractivity (Wildman–Crippen MR) is 96.7 cm³/mol. The van der Waals surface area contributed by atoms with Crippen molar-refractivity contribution in [2.24, 2.45) is 0 Å². The molecule has 1 aliphatic heterocycles. The summed E-state index contributed by atoms with van der Waals surface area (Å²) >= 11 is 0. The van der Waals surface area contributed by atoms with E-state index in [2.05, 4.69) is 15.5 Å². The number of benzene rings is 1. The Morgan fingerprint density at radius 2 is 2.20 bits per heavy atom. The summed E-state index contributed by atoms with van der Waals surface area (Å²) in [5.41, 5.74) is 2.50. The van der Waals surface area contributed by atoms with Gasteiger partial charge in [0.15, 0.2) is 0 Å². The molecule has 1 aromatic heterocycles. The third-order valence-electron chi connectivity index (χ3n) is 4.63. The van der Waals surface area contributed by atoms with Crippen molar-refractivity contribution in [3.05, 3.63) is 42.2 Å². The molecule has 132 valence electrons. The highest BCUT2D eigenvalue weighted by molar-refractivity contribution is 5.93. The molecular weight excluding hydrogens is 318 g/mol. The number of amides is 3. The Hall–Kier alpha value is -2.83. The summed E-state index contributed by atoms with van der Waals surface area (Å²) in [4.78, 5) is 27.5. The molecule has 2 heterocycles. The van der Waals surface area contributed by atoms with E-state index in [9.17, 15) is 9.59 Å². The maximum Gasteiger partial charge on any atom is 0.321 e. The Labute approximate surface area is 147 Å². The van der Waals surface area contributed by atoms with Gasteiger partial charge in [-0.05, 0) is 37.1 Å². The van der Waals surface area contributed by atoms with Gasteiger partial charge in [0.2, 0.25) is 5.91 Å². The van der Waals surface area contributed by atoms with Crippen LogP contribution >= 0.6 is 0 Å². The van der Waals surface area contributed by atoms with Crippen LogP contribution < -0.4 is 10.2 Å². The number of piperidine rings is 1. The van der Waals surface area contributed by atoms with Gasteiger partial charge in [-0.2, -0.15) is 5.10 Å². The Morgan fingerprint density at radius 1 is 1.36 bits per heavy atom. The van der Waals surface area contributed by atoms with Crippen LogP contribution in [0.2, 0.25) is 0 Å². The van der Waals surface area contributed by atoms with Crippen LogP contribution in [0.15, 0.2) is 36.5 Å². The van der Waals surface area contributed by atoms with Crippen molar-refractivity contribution < 1.29 is 9.59 Å². The monoisotopic (exact) mass is 341 g/mol. The first-order chi connectivity index (χ1) is 12.0. The number of anilines is 2. The molecule has 0 saturated carbocycles. The first-order valence-electron chi connectivity index (χ1n) is 8.44. The number of likely N-dealkylation sites (tertiary alicyclic amines) is 1. The summed E-state index contributed by atoms with van der Waals surface area (Å²) in [7, 11) is 1.71. The summed E-state index contributed by atoms with van der Waals surface area (Å²) in [5, 5.41) is 9.93. The van der Waals surface area contributed by atoms with E-state index in [0.29, 0.717) is 12.2 Å². The number of urea groups is 1. The lowest BCUT2D eigenvalue weighted by molar-refractivity contribution is -0.116. The van der Waals surface area contributed by atoms with Gasteiger partial charge in [0.05, 0.1) is 0 Å². The standard InChI is InChI=1S/C18H23N5O2/c1-13(24)22(2)16-7-3-6-15(11-16)20-18(25)23-10-4-5-14(12-23)17-8-9-19-21-17/h3,6-9,11,14H,4-5,10,12H2,1-2H3,(H,19,21)(H,20,25).